The number of amides is 2. The Labute approximate surface area is 157 Å². The minimum atomic E-state index is -0.443. The first-order valence-corrected chi connectivity index (χ1v) is 8.52. The Morgan fingerprint density at radius 1 is 1.19 bits per heavy atom. The monoisotopic (exact) mass is 367 g/mol. The molecule has 3 rings (SSSR count). The van der Waals surface area contributed by atoms with Gasteiger partial charge in [0.2, 0.25) is 11.8 Å². The molecule has 2 amide bonds. The van der Waals surface area contributed by atoms with Crippen LogP contribution in [0.15, 0.2) is 53.6 Å². The maximum absolute atomic E-state index is 12.4. The zero-order valence-electron chi connectivity index (χ0n) is 15.2. The number of anilines is 1. The van der Waals surface area contributed by atoms with Crippen LogP contribution in [0, 0.1) is 5.92 Å². The first-order chi connectivity index (χ1) is 13.1. The van der Waals surface area contributed by atoms with E-state index in [2.05, 4.69) is 10.5 Å². The molecule has 0 radical (unpaired) electrons. The van der Waals surface area contributed by atoms with Gasteiger partial charge < -0.3 is 14.4 Å². The zero-order valence-corrected chi connectivity index (χ0v) is 15.2. The van der Waals surface area contributed by atoms with Crippen molar-refractivity contribution in [1.82, 2.24) is 5.43 Å². The third kappa shape index (κ3) is 4.25. The molecule has 27 heavy (non-hydrogen) atoms. The summed E-state index contributed by atoms with van der Waals surface area (Å²) in [5.74, 6) is 0.463. The van der Waals surface area contributed by atoms with Crippen molar-refractivity contribution < 1.29 is 19.1 Å². The van der Waals surface area contributed by atoms with Crippen molar-refractivity contribution in [3.05, 3.63) is 54.1 Å². The Bertz CT molecular complexity index is 852. The van der Waals surface area contributed by atoms with Gasteiger partial charge in [-0.05, 0) is 30.3 Å². The molecule has 0 spiro atoms. The number of nitrogens with one attached hydrogen (secondary N) is 1. The van der Waals surface area contributed by atoms with Crippen molar-refractivity contribution in [3.63, 3.8) is 0 Å². The van der Waals surface area contributed by atoms with Crippen molar-refractivity contribution in [2.24, 2.45) is 11.0 Å². The molecule has 0 aliphatic carbocycles. The number of carbonyl (C=O) groups is 2. The van der Waals surface area contributed by atoms with E-state index < -0.39 is 5.92 Å². The SMILES string of the molecule is COc1ccc(OC)c(/C=N\NC(=O)[C@H]2CC(=O)N(c3ccccc3)C2)c1. The van der Waals surface area contributed by atoms with Crippen LogP contribution in [0.4, 0.5) is 5.69 Å². The van der Waals surface area contributed by atoms with Crippen LogP contribution in [0.2, 0.25) is 0 Å². The van der Waals surface area contributed by atoms with E-state index in [4.69, 9.17) is 9.47 Å². The molecular weight excluding hydrogens is 346 g/mol. The standard InChI is InChI=1S/C20H21N3O4/c1-26-17-8-9-18(27-2)14(10-17)12-21-22-20(25)15-11-19(24)23(13-15)16-6-4-3-5-7-16/h3-10,12,15H,11,13H2,1-2H3,(H,22,25)/b21-12-/t15-/m0/s1. The number of para-hydroxylation sites is 1. The van der Waals surface area contributed by atoms with Crippen molar-refractivity contribution >= 4 is 23.7 Å². The molecule has 1 aliphatic heterocycles. The highest BCUT2D eigenvalue weighted by molar-refractivity contribution is 6.00. The largest absolute Gasteiger partial charge is 0.497 e. The number of hydrogen-bond donors (Lipinski definition) is 1. The Morgan fingerprint density at radius 2 is 1.96 bits per heavy atom. The lowest BCUT2D eigenvalue weighted by atomic mass is 10.1. The molecular formula is C20H21N3O4. The molecule has 1 fully saturated rings. The summed E-state index contributed by atoms with van der Waals surface area (Å²) in [4.78, 5) is 26.2. The number of hydrazone groups is 1. The van der Waals surface area contributed by atoms with Gasteiger partial charge in [0.1, 0.15) is 11.5 Å². The van der Waals surface area contributed by atoms with Gasteiger partial charge in [-0.3, -0.25) is 9.59 Å². The van der Waals surface area contributed by atoms with Crippen molar-refractivity contribution in [2.75, 3.05) is 25.7 Å². The fraction of sp³-hybridized carbons (Fsp3) is 0.250. The molecule has 0 unspecified atom stereocenters. The maximum Gasteiger partial charge on any atom is 0.245 e. The van der Waals surface area contributed by atoms with Gasteiger partial charge in [-0.25, -0.2) is 5.43 Å². The molecule has 7 nitrogen and oxygen atoms in total. The van der Waals surface area contributed by atoms with Crippen LogP contribution in [0.25, 0.3) is 0 Å². The Hall–Kier alpha value is -3.35. The molecule has 2 aromatic carbocycles. The summed E-state index contributed by atoms with van der Waals surface area (Å²) in [6.07, 6.45) is 1.66. The molecule has 0 aromatic heterocycles. The summed E-state index contributed by atoms with van der Waals surface area (Å²) in [5, 5.41) is 4.00. The van der Waals surface area contributed by atoms with E-state index in [-0.39, 0.29) is 18.2 Å². The second-order valence-corrected chi connectivity index (χ2v) is 6.08. The van der Waals surface area contributed by atoms with E-state index in [9.17, 15) is 9.59 Å². The molecule has 140 valence electrons. The van der Waals surface area contributed by atoms with Crippen molar-refractivity contribution in [1.29, 1.82) is 0 Å². The second kappa shape index (κ2) is 8.35. The lowest BCUT2D eigenvalue weighted by molar-refractivity contribution is -0.126. The third-order valence-corrected chi connectivity index (χ3v) is 4.38. The third-order valence-electron chi connectivity index (χ3n) is 4.38. The highest BCUT2D eigenvalue weighted by Gasteiger charge is 2.34. The van der Waals surface area contributed by atoms with Crippen LogP contribution in [0.5, 0.6) is 11.5 Å². The number of hydrogen-bond acceptors (Lipinski definition) is 5. The number of benzene rings is 2. The summed E-state index contributed by atoms with van der Waals surface area (Å²) < 4.78 is 10.4. The smallest absolute Gasteiger partial charge is 0.245 e. The Kier molecular flexibility index (Phi) is 5.71. The van der Waals surface area contributed by atoms with Crippen molar-refractivity contribution in [2.45, 2.75) is 6.42 Å². The Balaban J connectivity index is 1.63. The van der Waals surface area contributed by atoms with Crippen LogP contribution < -0.4 is 19.8 Å². The van der Waals surface area contributed by atoms with E-state index >= 15 is 0 Å². The summed E-state index contributed by atoms with van der Waals surface area (Å²) in [6, 6.07) is 14.6. The average Bonchev–Trinajstić information content (AvgIpc) is 3.10. The van der Waals surface area contributed by atoms with Crippen LogP contribution in [0.1, 0.15) is 12.0 Å². The highest BCUT2D eigenvalue weighted by atomic mass is 16.5. The number of rotatable bonds is 6. The first-order valence-electron chi connectivity index (χ1n) is 8.52. The van der Waals surface area contributed by atoms with Gasteiger partial charge in [0, 0.05) is 24.2 Å². The molecule has 2 aromatic rings. The van der Waals surface area contributed by atoms with Gasteiger partial charge in [0.05, 0.1) is 26.4 Å². The minimum Gasteiger partial charge on any atom is -0.497 e. The quantitative estimate of drug-likeness (QED) is 0.627. The second-order valence-electron chi connectivity index (χ2n) is 6.08. The molecule has 0 bridgehead atoms. The van der Waals surface area contributed by atoms with Gasteiger partial charge in [-0.2, -0.15) is 5.10 Å². The Morgan fingerprint density at radius 3 is 2.67 bits per heavy atom. The van der Waals surface area contributed by atoms with Gasteiger partial charge in [0.15, 0.2) is 0 Å². The fourth-order valence-corrected chi connectivity index (χ4v) is 2.94. The van der Waals surface area contributed by atoms with Crippen molar-refractivity contribution in [3.8, 4) is 11.5 Å². The number of methoxy groups -OCH3 is 2. The first kappa shape index (κ1) is 18.4. The summed E-state index contributed by atoms with van der Waals surface area (Å²) in [6.45, 7) is 0.340. The summed E-state index contributed by atoms with van der Waals surface area (Å²) >= 11 is 0. The normalized spacial score (nSPS) is 16.6. The van der Waals surface area contributed by atoms with Crippen LogP contribution in [-0.4, -0.2) is 38.8 Å². The predicted molar refractivity (Wildman–Crippen MR) is 102 cm³/mol. The molecule has 7 heteroatoms. The topological polar surface area (TPSA) is 80.2 Å². The number of ether oxygens (including phenoxy) is 2. The van der Waals surface area contributed by atoms with E-state index in [0.29, 0.717) is 23.6 Å². The van der Waals surface area contributed by atoms with Gasteiger partial charge in [-0.1, -0.05) is 18.2 Å². The molecule has 1 atom stereocenters. The average molecular weight is 367 g/mol. The summed E-state index contributed by atoms with van der Waals surface area (Å²) in [7, 11) is 3.13. The summed E-state index contributed by atoms with van der Waals surface area (Å²) in [5.41, 5.74) is 3.98. The van der Waals surface area contributed by atoms with E-state index in [1.807, 2.05) is 30.3 Å². The predicted octanol–water partition coefficient (Wildman–Crippen LogP) is 2.21. The molecule has 1 N–H and O–H groups in total. The van der Waals surface area contributed by atoms with Crippen LogP contribution in [0.3, 0.4) is 0 Å². The molecule has 1 saturated heterocycles. The van der Waals surface area contributed by atoms with E-state index in [1.54, 1.807) is 37.3 Å². The zero-order chi connectivity index (χ0) is 19.2. The fourth-order valence-electron chi connectivity index (χ4n) is 2.94. The molecule has 1 heterocycles. The van der Waals surface area contributed by atoms with Crippen LogP contribution in [-0.2, 0) is 9.59 Å². The molecule has 1 aliphatic rings. The molecule has 0 saturated carbocycles. The van der Waals surface area contributed by atoms with Gasteiger partial charge in [0.25, 0.3) is 0 Å². The number of nitrogens with zero attached hydrogens (tertiary/aromatic N) is 2. The van der Waals surface area contributed by atoms with Gasteiger partial charge in [-0.15, -0.1) is 0 Å². The van der Waals surface area contributed by atoms with E-state index in [0.717, 1.165) is 5.69 Å². The van der Waals surface area contributed by atoms with Gasteiger partial charge >= 0.3 is 0 Å². The number of carbonyl (C=O) groups excluding carboxylic acids is 2. The minimum absolute atomic E-state index is 0.0696. The van der Waals surface area contributed by atoms with Crippen LogP contribution >= 0.6 is 0 Å². The van der Waals surface area contributed by atoms with E-state index in [1.165, 1.54) is 6.21 Å². The lowest BCUT2D eigenvalue weighted by Gasteiger charge is -2.16. The maximum atomic E-state index is 12.4. The lowest BCUT2D eigenvalue weighted by Crippen LogP contribution is -2.30. The highest BCUT2D eigenvalue weighted by Crippen LogP contribution is 2.25.